The SMILES string of the molecule is CNC[C@H](OC)c1ccc(C)cc1. The second kappa shape index (κ2) is 5.00. The summed E-state index contributed by atoms with van der Waals surface area (Å²) in [7, 11) is 3.67. The molecule has 0 saturated carbocycles. The Morgan fingerprint density at radius 2 is 1.92 bits per heavy atom. The van der Waals surface area contributed by atoms with Crippen molar-refractivity contribution in [2.45, 2.75) is 13.0 Å². The largest absolute Gasteiger partial charge is 0.375 e. The van der Waals surface area contributed by atoms with Crippen molar-refractivity contribution in [3.05, 3.63) is 35.4 Å². The maximum absolute atomic E-state index is 5.35. The van der Waals surface area contributed by atoms with Crippen molar-refractivity contribution in [2.75, 3.05) is 20.7 Å². The predicted octanol–water partition coefficient (Wildman–Crippen LogP) is 1.90. The summed E-state index contributed by atoms with van der Waals surface area (Å²) in [6.07, 6.45) is 0.158. The summed E-state index contributed by atoms with van der Waals surface area (Å²) in [5.74, 6) is 0. The Labute approximate surface area is 79.9 Å². The second-order valence-corrected chi connectivity index (χ2v) is 3.19. The van der Waals surface area contributed by atoms with E-state index in [0.29, 0.717) is 0 Å². The Morgan fingerprint density at radius 1 is 1.31 bits per heavy atom. The molecule has 13 heavy (non-hydrogen) atoms. The van der Waals surface area contributed by atoms with E-state index in [1.54, 1.807) is 7.11 Å². The first-order valence-corrected chi connectivity index (χ1v) is 4.52. The molecule has 0 heterocycles. The van der Waals surface area contributed by atoms with Crippen LogP contribution >= 0.6 is 0 Å². The van der Waals surface area contributed by atoms with Crippen molar-refractivity contribution in [1.29, 1.82) is 0 Å². The lowest BCUT2D eigenvalue weighted by Gasteiger charge is -2.15. The minimum Gasteiger partial charge on any atom is -0.375 e. The average molecular weight is 179 g/mol. The third-order valence-corrected chi connectivity index (χ3v) is 2.12. The van der Waals surface area contributed by atoms with Gasteiger partial charge in [-0.05, 0) is 19.5 Å². The maximum Gasteiger partial charge on any atom is 0.0945 e. The summed E-state index contributed by atoms with van der Waals surface area (Å²) in [6.45, 7) is 2.93. The fourth-order valence-electron chi connectivity index (χ4n) is 1.30. The summed E-state index contributed by atoms with van der Waals surface area (Å²) in [6, 6.07) is 8.44. The standard InChI is InChI=1S/C11H17NO/c1-9-4-6-10(7-5-9)11(13-3)8-12-2/h4-7,11-12H,8H2,1-3H3/t11-/m0/s1. The van der Waals surface area contributed by atoms with Crippen molar-refractivity contribution in [3.63, 3.8) is 0 Å². The molecule has 0 saturated heterocycles. The van der Waals surface area contributed by atoms with E-state index in [-0.39, 0.29) is 6.10 Å². The molecule has 0 aliphatic heterocycles. The summed E-state index contributed by atoms with van der Waals surface area (Å²) >= 11 is 0. The van der Waals surface area contributed by atoms with Gasteiger partial charge in [-0.3, -0.25) is 0 Å². The van der Waals surface area contributed by atoms with Gasteiger partial charge in [-0.25, -0.2) is 0 Å². The number of nitrogens with one attached hydrogen (secondary N) is 1. The van der Waals surface area contributed by atoms with Crippen LogP contribution in [0.25, 0.3) is 0 Å². The third-order valence-electron chi connectivity index (χ3n) is 2.12. The van der Waals surface area contributed by atoms with Gasteiger partial charge in [0.05, 0.1) is 6.10 Å². The van der Waals surface area contributed by atoms with E-state index in [4.69, 9.17) is 4.74 Å². The molecule has 0 bridgehead atoms. The van der Waals surface area contributed by atoms with Gasteiger partial charge in [0.1, 0.15) is 0 Å². The molecule has 0 aliphatic carbocycles. The van der Waals surface area contributed by atoms with Crippen molar-refractivity contribution in [3.8, 4) is 0 Å². The van der Waals surface area contributed by atoms with Crippen LogP contribution < -0.4 is 5.32 Å². The Bertz CT molecular complexity index is 243. The first-order valence-electron chi connectivity index (χ1n) is 4.52. The van der Waals surface area contributed by atoms with Crippen molar-refractivity contribution in [2.24, 2.45) is 0 Å². The number of rotatable bonds is 4. The highest BCUT2D eigenvalue weighted by Gasteiger charge is 2.07. The van der Waals surface area contributed by atoms with Crippen LogP contribution in [0.15, 0.2) is 24.3 Å². The van der Waals surface area contributed by atoms with Crippen LogP contribution in [0, 0.1) is 6.92 Å². The lowest BCUT2D eigenvalue weighted by atomic mass is 10.1. The maximum atomic E-state index is 5.35. The Hall–Kier alpha value is -0.860. The molecule has 2 heteroatoms. The highest BCUT2D eigenvalue weighted by atomic mass is 16.5. The third kappa shape index (κ3) is 2.83. The van der Waals surface area contributed by atoms with Crippen LogP contribution in [-0.2, 0) is 4.74 Å². The van der Waals surface area contributed by atoms with Crippen LogP contribution in [-0.4, -0.2) is 20.7 Å². The van der Waals surface area contributed by atoms with Gasteiger partial charge in [-0.1, -0.05) is 29.8 Å². The molecule has 1 aromatic rings. The molecule has 1 atom stereocenters. The molecule has 0 spiro atoms. The lowest BCUT2D eigenvalue weighted by Crippen LogP contribution is -2.18. The molecule has 72 valence electrons. The van der Waals surface area contributed by atoms with Crippen molar-refractivity contribution < 1.29 is 4.74 Å². The highest BCUT2D eigenvalue weighted by Crippen LogP contribution is 2.15. The predicted molar refractivity (Wildman–Crippen MR) is 54.9 cm³/mol. The molecular formula is C11H17NO. The van der Waals surface area contributed by atoms with E-state index in [1.807, 2.05) is 7.05 Å². The molecule has 0 aromatic heterocycles. The molecular weight excluding hydrogens is 162 g/mol. The van der Waals surface area contributed by atoms with Gasteiger partial charge < -0.3 is 10.1 Å². The average Bonchev–Trinajstić information content (AvgIpc) is 2.16. The van der Waals surface area contributed by atoms with Crippen molar-refractivity contribution >= 4 is 0 Å². The zero-order chi connectivity index (χ0) is 9.68. The smallest absolute Gasteiger partial charge is 0.0945 e. The van der Waals surface area contributed by atoms with Gasteiger partial charge >= 0.3 is 0 Å². The summed E-state index contributed by atoms with van der Waals surface area (Å²) < 4.78 is 5.35. The van der Waals surface area contributed by atoms with E-state index in [0.717, 1.165) is 6.54 Å². The number of methoxy groups -OCH3 is 1. The molecule has 0 fully saturated rings. The second-order valence-electron chi connectivity index (χ2n) is 3.19. The number of aryl methyl sites for hydroxylation is 1. The highest BCUT2D eigenvalue weighted by molar-refractivity contribution is 5.23. The quantitative estimate of drug-likeness (QED) is 0.762. The molecule has 0 aliphatic rings. The van der Waals surface area contributed by atoms with Crippen LogP contribution in [0.1, 0.15) is 17.2 Å². The minimum absolute atomic E-state index is 0.158. The Balaban J connectivity index is 2.73. The van der Waals surface area contributed by atoms with Crippen molar-refractivity contribution in [1.82, 2.24) is 5.32 Å². The zero-order valence-electron chi connectivity index (χ0n) is 8.50. The van der Waals surface area contributed by atoms with Crippen LogP contribution in [0.4, 0.5) is 0 Å². The molecule has 0 radical (unpaired) electrons. The minimum atomic E-state index is 0.158. The fourth-order valence-corrected chi connectivity index (χ4v) is 1.30. The van der Waals surface area contributed by atoms with Crippen LogP contribution in [0.5, 0.6) is 0 Å². The van der Waals surface area contributed by atoms with E-state index in [2.05, 4.69) is 36.5 Å². The normalized spacial score (nSPS) is 12.8. The van der Waals surface area contributed by atoms with Crippen LogP contribution in [0.2, 0.25) is 0 Å². The molecule has 1 aromatic carbocycles. The lowest BCUT2D eigenvalue weighted by molar-refractivity contribution is 0.104. The van der Waals surface area contributed by atoms with Gasteiger partial charge in [-0.2, -0.15) is 0 Å². The zero-order valence-corrected chi connectivity index (χ0v) is 8.50. The summed E-state index contributed by atoms with van der Waals surface area (Å²) in [5, 5.41) is 3.11. The number of benzene rings is 1. The Kier molecular flexibility index (Phi) is 3.93. The number of ether oxygens (including phenoxy) is 1. The van der Waals surface area contributed by atoms with Gasteiger partial charge in [0, 0.05) is 13.7 Å². The van der Waals surface area contributed by atoms with E-state index >= 15 is 0 Å². The van der Waals surface area contributed by atoms with Gasteiger partial charge in [0.25, 0.3) is 0 Å². The number of hydrogen-bond acceptors (Lipinski definition) is 2. The first-order chi connectivity index (χ1) is 6.27. The molecule has 2 nitrogen and oxygen atoms in total. The van der Waals surface area contributed by atoms with E-state index < -0.39 is 0 Å². The molecule has 1 N–H and O–H groups in total. The van der Waals surface area contributed by atoms with Gasteiger partial charge in [0.15, 0.2) is 0 Å². The molecule has 0 unspecified atom stereocenters. The van der Waals surface area contributed by atoms with E-state index in [1.165, 1.54) is 11.1 Å². The monoisotopic (exact) mass is 179 g/mol. The number of likely N-dealkylation sites (N-methyl/N-ethyl adjacent to an activating group) is 1. The Morgan fingerprint density at radius 3 is 2.38 bits per heavy atom. The summed E-state index contributed by atoms with van der Waals surface area (Å²) in [4.78, 5) is 0. The van der Waals surface area contributed by atoms with Gasteiger partial charge in [-0.15, -0.1) is 0 Å². The number of hydrogen-bond donors (Lipinski definition) is 1. The first kappa shape index (κ1) is 10.2. The van der Waals surface area contributed by atoms with E-state index in [9.17, 15) is 0 Å². The van der Waals surface area contributed by atoms with Gasteiger partial charge in [0.2, 0.25) is 0 Å². The fraction of sp³-hybridized carbons (Fsp3) is 0.455. The molecule has 1 rings (SSSR count). The summed E-state index contributed by atoms with van der Waals surface area (Å²) in [5.41, 5.74) is 2.51. The topological polar surface area (TPSA) is 21.3 Å². The van der Waals surface area contributed by atoms with Crippen LogP contribution in [0.3, 0.4) is 0 Å². The molecule has 0 amide bonds.